The summed E-state index contributed by atoms with van der Waals surface area (Å²) in [5.74, 6) is 2.94. The van der Waals surface area contributed by atoms with Gasteiger partial charge in [-0.05, 0) is 38.5 Å². The maximum atomic E-state index is 2.12. The molecule has 1 heterocycles. The highest BCUT2D eigenvalue weighted by Crippen LogP contribution is 2.00. The van der Waals surface area contributed by atoms with Crippen molar-refractivity contribution in [3.05, 3.63) is 35.4 Å². The third kappa shape index (κ3) is 6.33. The van der Waals surface area contributed by atoms with Crippen LogP contribution >= 0.6 is 0 Å². The molecule has 1 saturated heterocycles. The first kappa shape index (κ1) is 13.9. The molecule has 1 aromatic carbocycles. The molecule has 0 spiro atoms. The fourth-order valence-electron chi connectivity index (χ4n) is 1.20. The third-order valence-corrected chi connectivity index (χ3v) is 3.37. The van der Waals surface area contributed by atoms with E-state index in [0.29, 0.717) is 0 Å². The number of hydrogen-bond acceptors (Lipinski definition) is 0. The average Bonchev–Trinajstić information content (AvgIpc) is 2.68. The van der Waals surface area contributed by atoms with Crippen molar-refractivity contribution in [2.45, 2.75) is 26.7 Å². The monoisotopic (exact) mass is 230 g/mol. The van der Waals surface area contributed by atoms with Crippen LogP contribution in [-0.2, 0) is 11.8 Å². The van der Waals surface area contributed by atoms with Gasteiger partial charge in [-0.1, -0.05) is 35.4 Å². The van der Waals surface area contributed by atoms with Crippen molar-refractivity contribution >= 4 is 11.8 Å². The van der Waals surface area contributed by atoms with Gasteiger partial charge in [-0.3, -0.25) is 0 Å². The Bertz CT molecular complexity index is 198. The smallest absolute Gasteiger partial charge is 0.106 e. The van der Waals surface area contributed by atoms with E-state index in [1.165, 1.54) is 35.5 Å². The molecule has 0 amide bonds. The normalized spacial score (nSPS) is 13.9. The van der Waals surface area contributed by atoms with Gasteiger partial charge in [0.1, 0.15) is 11.5 Å². The zero-order valence-corrected chi connectivity index (χ0v) is 10.6. The van der Waals surface area contributed by atoms with Crippen molar-refractivity contribution in [2.24, 2.45) is 0 Å². The molecule has 0 aliphatic carbocycles. The lowest BCUT2D eigenvalue weighted by atomic mass is 10.2. The molecule has 2 rings (SSSR count). The summed E-state index contributed by atoms with van der Waals surface area (Å²) in [6.45, 7) is 4.19. The molecule has 0 saturated carbocycles. The van der Waals surface area contributed by atoms with E-state index >= 15 is 0 Å². The highest BCUT2D eigenvalue weighted by Gasteiger charge is 2.04. The van der Waals surface area contributed by atoms with Crippen LogP contribution < -0.4 is 12.4 Å². The van der Waals surface area contributed by atoms with Crippen LogP contribution in [0.2, 0.25) is 0 Å². The summed E-state index contributed by atoms with van der Waals surface area (Å²) in [6.07, 6.45) is 2.98. The first-order valence-corrected chi connectivity index (χ1v) is 6.22. The molecule has 0 radical (unpaired) electrons. The molecule has 1 aromatic rings. The van der Waals surface area contributed by atoms with Crippen LogP contribution in [0, 0.1) is 13.8 Å². The van der Waals surface area contributed by atoms with Gasteiger partial charge in [-0.25, -0.2) is 0 Å². The Morgan fingerprint density at radius 1 is 0.857 bits per heavy atom. The second kappa shape index (κ2) is 8.19. The predicted molar refractivity (Wildman–Crippen MR) is 63.6 cm³/mol. The van der Waals surface area contributed by atoms with Gasteiger partial charge in [0.2, 0.25) is 0 Å². The Morgan fingerprint density at radius 2 is 1.21 bits per heavy atom. The topological polar surface area (TPSA) is 0 Å². The highest BCUT2D eigenvalue weighted by molar-refractivity contribution is 7.78. The van der Waals surface area contributed by atoms with E-state index < -0.39 is 0 Å². The Morgan fingerprint density at radius 3 is 1.43 bits per heavy atom. The summed E-state index contributed by atoms with van der Waals surface area (Å²) >= 11 is 1.69. The second-order valence-corrected chi connectivity index (χ2v) is 4.87. The van der Waals surface area contributed by atoms with Crippen LogP contribution in [0.25, 0.3) is 0 Å². The highest BCUT2D eigenvalue weighted by atomic mass is 35.5. The van der Waals surface area contributed by atoms with Crippen LogP contribution in [0.4, 0.5) is 0 Å². The van der Waals surface area contributed by atoms with Crippen LogP contribution in [0.1, 0.15) is 24.0 Å². The fourth-order valence-corrected chi connectivity index (χ4v) is 2.31. The molecule has 1 fully saturated rings. The third-order valence-electron chi connectivity index (χ3n) is 2.10. The minimum Gasteiger partial charge on any atom is -1.00 e. The van der Waals surface area contributed by atoms with E-state index in [1.807, 2.05) is 0 Å². The van der Waals surface area contributed by atoms with Crippen LogP contribution in [0.3, 0.4) is 0 Å². The van der Waals surface area contributed by atoms with Crippen molar-refractivity contribution < 1.29 is 12.4 Å². The number of hydrogen-bond donors (Lipinski definition) is 0. The summed E-state index contributed by atoms with van der Waals surface area (Å²) in [6, 6.07) is 8.48. The number of rotatable bonds is 0. The Hall–Kier alpha value is -0.140. The van der Waals surface area contributed by atoms with Gasteiger partial charge in [-0.15, -0.1) is 0 Å². The summed E-state index contributed by atoms with van der Waals surface area (Å²) in [7, 11) is 0. The van der Waals surface area contributed by atoms with Crippen molar-refractivity contribution in [1.82, 2.24) is 0 Å². The second-order valence-electron chi connectivity index (χ2n) is 3.53. The van der Waals surface area contributed by atoms with E-state index in [0.717, 1.165) is 0 Å². The SMILES string of the molecule is C1CC[SH+]C1.Cc1ccc(C)cc1.[Cl-]. The average molecular weight is 231 g/mol. The summed E-state index contributed by atoms with van der Waals surface area (Å²) in [4.78, 5) is 0. The minimum absolute atomic E-state index is 0. The molecule has 0 atom stereocenters. The van der Waals surface area contributed by atoms with E-state index in [1.54, 1.807) is 11.8 Å². The maximum Gasteiger partial charge on any atom is 0.106 e. The molecule has 0 nitrogen and oxygen atoms in total. The molecule has 80 valence electrons. The molecule has 14 heavy (non-hydrogen) atoms. The van der Waals surface area contributed by atoms with Crippen molar-refractivity contribution in [3.63, 3.8) is 0 Å². The van der Waals surface area contributed by atoms with Crippen LogP contribution in [0.5, 0.6) is 0 Å². The number of benzene rings is 1. The van der Waals surface area contributed by atoms with Crippen LogP contribution in [0.15, 0.2) is 24.3 Å². The molecule has 1 aliphatic rings. The molecule has 0 aromatic heterocycles. The maximum absolute atomic E-state index is 2.12. The number of aryl methyl sites for hydroxylation is 2. The molecular weight excluding hydrogens is 212 g/mol. The van der Waals surface area contributed by atoms with E-state index in [2.05, 4.69) is 38.1 Å². The van der Waals surface area contributed by atoms with Gasteiger partial charge in [0.05, 0.1) is 0 Å². The van der Waals surface area contributed by atoms with Crippen molar-refractivity contribution in [3.8, 4) is 0 Å². The lowest BCUT2D eigenvalue weighted by molar-refractivity contribution is -0.00000281. The lowest BCUT2D eigenvalue weighted by Crippen LogP contribution is -3.00. The molecule has 0 unspecified atom stereocenters. The zero-order valence-electron chi connectivity index (χ0n) is 8.96. The van der Waals surface area contributed by atoms with Gasteiger partial charge >= 0.3 is 0 Å². The number of thiol groups is 1. The van der Waals surface area contributed by atoms with Gasteiger partial charge in [0.25, 0.3) is 0 Å². The van der Waals surface area contributed by atoms with Crippen LogP contribution in [-0.4, -0.2) is 11.5 Å². The largest absolute Gasteiger partial charge is 1.00 e. The molecule has 2 heteroatoms. The molecule has 0 N–H and O–H groups in total. The first-order chi connectivity index (χ1) is 6.29. The first-order valence-electron chi connectivity index (χ1n) is 4.95. The summed E-state index contributed by atoms with van der Waals surface area (Å²) in [5.41, 5.74) is 2.66. The van der Waals surface area contributed by atoms with Gasteiger partial charge < -0.3 is 12.4 Å². The van der Waals surface area contributed by atoms with E-state index in [4.69, 9.17) is 0 Å². The quantitative estimate of drug-likeness (QED) is 0.432. The van der Waals surface area contributed by atoms with E-state index in [-0.39, 0.29) is 12.4 Å². The molecule has 0 bridgehead atoms. The summed E-state index contributed by atoms with van der Waals surface area (Å²) < 4.78 is 0. The van der Waals surface area contributed by atoms with Crippen molar-refractivity contribution in [2.75, 3.05) is 11.5 Å². The standard InChI is InChI=1S/C8H10.C4H8S.ClH/c1-7-3-5-8(2)6-4-7;1-2-4-5-3-1;/h3-6H,1-2H3;1-4H2;1H. The summed E-state index contributed by atoms with van der Waals surface area (Å²) in [5, 5.41) is 0. The number of halogens is 1. The molecule has 1 aliphatic heterocycles. The van der Waals surface area contributed by atoms with Crippen molar-refractivity contribution in [1.29, 1.82) is 0 Å². The predicted octanol–water partition coefficient (Wildman–Crippen LogP) is -0.0975. The van der Waals surface area contributed by atoms with Gasteiger partial charge in [-0.2, -0.15) is 0 Å². The lowest BCUT2D eigenvalue weighted by Gasteiger charge is -1.90. The zero-order chi connectivity index (χ0) is 9.52. The minimum atomic E-state index is 0. The Labute approximate surface area is 97.9 Å². The van der Waals surface area contributed by atoms with E-state index in [9.17, 15) is 0 Å². The van der Waals surface area contributed by atoms with Gasteiger partial charge in [0.15, 0.2) is 0 Å². The Balaban J connectivity index is 0.000000246. The fraction of sp³-hybridized carbons (Fsp3) is 0.500. The Kier molecular flexibility index (Phi) is 8.11. The molecular formula is C12H19ClS. The van der Waals surface area contributed by atoms with Gasteiger partial charge in [0, 0.05) is 0 Å².